The third kappa shape index (κ3) is 3.16. The first kappa shape index (κ1) is 16.5. The first-order valence-electron chi connectivity index (χ1n) is 6.93. The van der Waals surface area contributed by atoms with Gasteiger partial charge in [0.2, 0.25) is 0 Å². The minimum Gasteiger partial charge on any atom is -0.336 e. The van der Waals surface area contributed by atoms with Gasteiger partial charge in [-0.05, 0) is 52.3 Å². The van der Waals surface area contributed by atoms with Crippen molar-refractivity contribution >= 4 is 43.3 Å². The number of sulfone groups is 1. The zero-order valence-electron chi connectivity index (χ0n) is 11.9. The summed E-state index contributed by atoms with van der Waals surface area (Å²) in [6.07, 6.45) is 0. The molecule has 0 aromatic heterocycles. The normalized spacial score (nSPS) is 15.3. The molecular formula is C16H13BrClNO3S. The Labute approximate surface area is 148 Å². The summed E-state index contributed by atoms with van der Waals surface area (Å²) in [7, 11) is -3.44. The summed E-state index contributed by atoms with van der Waals surface area (Å²) >= 11 is 9.12. The molecule has 1 aliphatic rings. The number of carbonyl (C=O) groups is 1. The van der Waals surface area contributed by atoms with E-state index in [9.17, 15) is 13.2 Å². The van der Waals surface area contributed by atoms with Crippen molar-refractivity contribution in [2.24, 2.45) is 0 Å². The van der Waals surface area contributed by atoms with E-state index >= 15 is 0 Å². The molecule has 1 aliphatic heterocycles. The summed E-state index contributed by atoms with van der Waals surface area (Å²) in [5.74, 6) is -0.167. The molecule has 0 atom stereocenters. The molecule has 7 heteroatoms. The van der Waals surface area contributed by atoms with Crippen LogP contribution in [-0.4, -0.2) is 37.6 Å². The maximum absolute atomic E-state index is 12.5. The van der Waals surface area contributed by atoms with Crippen LogP contribution in [-0.2, 0) is 9.84 Å². The molecule has 0 radical (unpaired) electrons. The van der Waals surface area contributed by atoms with Gasteiger partial charge in [0, 0.05) is 22.6 Å². The first-order valence-corrected chi connectivity index (χ1v) is 9.64. The lowest BCUT2D eigenvalue weighted by Crippen LogP contribution is -2.56. The van der Waals surface area contributed by atoms with Crippen LogP contribution in [0, 0.1) is 0 Å². The summed E-state index contributed by atoms with van der Waals surface area (Å²) in [6, 6.07) is 13.2. The molecule has 1 fully saturated rings. The van der Waals surface area contributed by atoms with Gasteiger partial charge in [-0.2, -0.15) is 0 Å². The highest BCUT2D eigenvalue weighted by molar-refractivity contribution is 9.10. The van der Waals surface area contributed by atoms with Gasteiger partial charge in [0.1, 0.15) is 5.25 Å². The molecule has 0 unspecified atom stereocenters. The highest BCUT2D eigenvalue weighted by atomic mass is 79.9. The molecular weight excluding hydrogens is 402 g/mol. The molecule has 4 nitrogen and oxygen atoms in total. The fourth-order valence-corrected chi connectivity index (χ4v) is 4.66. The van der Waals surface area contributed by atoms with Crippen molar-refractivity contribution in [3.8, 4) is 0 Å². The number of rotatable bonds is 3. The number of carbonyl (C=O) groups excluding carboxylic acids is 1. The maximum Gasteiger partial charge on any atom is 0.255 e. The van der Waals surface area contributed by atoms with E-state index in [1.807, 2.05) is 6.07 Å². The lowest BCUT2D eigenvalue weighted by molar-refractivity contribution is 0.0658. The van der Waals surface area contributed by atoms with E-state index in [-0.39, 0.29) is 23.9 Å². The van der Waals surface area contributed by atoms with E-state index in [2.05, 4.69) is 15.9 Å². The molecule has 2 aromatic carbocycles. The van der Waals surface area contributed by atoms with Crippen LogP contribution in [0.3, 0.4) is 0 Å². The first-order chi connectivity index (χ1) is 10.9. The fourth-order valence-electron chi connectivity index (χ4n) is 2.42. The summed E-state index contributed by atoms with van der Waals surface area (Å²) in [4.78, 5) is 14.2. The lowest BCUT2D eigenvalue weighted by atomic mass is 10.1. The van der Waals surface area contributed by atoms with E-state index in [1.54, 1.807) is 30.3 Å². The third-order valence-corrected chi connectivity index (χ3v) is 6.87. The van der Waals surface area contributed by atoms with Crippen molar-refractivity contribution in [2.45, 2.75) is 10.1 Å². The summed E-state index contributed by atoms with van der Waals surface area (Å²) in [5.41, 5.74) is 0.537. The monoisotopic (exact) mass is 413 g/mol. The van der Waals surface area contributed by atoms with Crippen molar-refractivity contribution < 1.29 is 13.2 Å². The van der Waals surface area contributed by atoms with Gasteiger partial charge in [-0.3, -0.25) is 4.79 Å². The van der Waals surface area contributed by atoms with E-state index in [1.165, 1.54) is 17.0 Å². The van der Waals surface area contributed by atoms with Crippen LogP contribution in [0.2, 0.25) is 5.02 Å². The van der Waals surface area contributed by atoms with Gasteiger partial charge in [0.05, 0.1) is 10.5 Å². The molecule has 0 bridgehead atoms. The zero-order valence-corrected chi connectivity index (χ0v) is 15.1. The number of amides is 1. The number of hydrogen-bond donors (Lipinski definition) is 0. The van der Waals surface area contributed by atoms with Crippen LogP contribution in [0.5, 0.6) is 0 Å². The molecule has 0 aliphatic carbocycles. The number of nitrogens with zero attached hydrogens (tertiary/aromatic N) is 1. The third-order valence-electron chi connectivity index (χ3n) is 3.82. The molecule has 0 N–H and O–H groups in total. The van der Waals surface area contributed by atoms with E-state index in [0.717, 1.165) is 0 Å². The molecule has 1 amide bonds. The molecule has 1 heterocycles. The minimum absolute atomic E-state index is 0.167. The van der Waals surface area contributed by atoms with Crippen molar-refractivity contribution in [2.75, 3.05) is 13.1 Å². The molecule has 2 aromatic rings. The van der Waals surface area contributed by atoms with Crippen LogP contribution in [0.4, 0.5) is 0 Å². The van der Waals surface area contributed by atoms with Gasteiger partial charge in [0.25, 0.3) is 5.91 Å². The van der Waals surface area contributed by atoms with Crippen molar-refractivity contribution in [3.05, 3.63) is 63.6 Å². The highest BCUT2D eigenvalue weighted by Gasteiger charge is 2.40. The largest absolute Gasteiger partial charge is 0.336 e. The molecule has 1 saturated heterocycles. The second-order valence-electron chi connectivity index (χ2n) is 5.31. The Morgan fingerprint density at radius 1 is 1.09 bits per heavy atom. The molecule has 0 saturated carbocycles. The second-order valence-corrected chi connectivity index (χ2v) is 8.83. The van der Waals surface area contributed by atoms with Gasteiger partial charge in [-0.25, -0.2) is 8.42 Å². The molecule has 3 rings (SSSR count). The van der Waals surface area contributed by atoms with Gasteiger partial charge in [0.15, 0.2) is 9.84 Å². The van der Waals surface area contributed by atoms with Crippen LogP contribution in [0.1, 0.15) is 10.4 Å². The fraction of sp³-hybridized carbons (Fsp3) is 0.188. The van der Waals surface area contributed by atoms with Crippen molar-refractivity contribution in [1.29, 1.82) is 0 Å². The Morgan fingerprint density at radius 3 is 2.30 bits per heavy atom. The maximum atomic E-state index is 12.5. The Morgan fingerprint density at radius 2 is 1.70 bits per heavy atom. The molecule has 120 valence electrons. The average Bonchev–Trinajstić information content (AvgIpc) is 2.46. The van der Waals surface area contributed by atoms with Gasteiger partial charge in [-0.15, -0.1) is 0 Å². The summed E-state index contributed by atoms with van der Waals surface area (Å²) in [6.45, 7) is 0.399. The number of halogens is 2. The van der Waals surface area contributed by atoms with Crippen molar-refractivity contribution in [1.82, 2.24) is 4.90 Å². The van der Waals surface area contributed by atoms with Crippen LogP contribution >= 0.6 is 27.5 Å². The lowest BCUT2D eigenvalue weighted by Gasteiger charge is -2.38. The molecule has 23 heavy (non-hydrogen) atoms. The van der Waals surface area contributed by atoms with E-state index in [0.29, 0.717) is 15.1 Å². The summed E-state index contributed by atoms with van der Waals surface area (Å²) < 4.78 is 25.7. The van der Waals surface area contributed by atoms with E-state index < -0.39 is 15.1 Å². The topological polar surface area (TPSA) is 54.5 Å². The number of hydrogen-bond acceptors (Lipinski definition) is 3. The van der Waals surface area contributed by atoms with Gasteiger partial charge < -0.3 is 4.90 Å². The van der Waals surface area contributed by atoms with Crippen LogP contribution < -0.4 is 0 Å². The Balaban J connectivity index is 1.72. The van der Waals surface area contributed by atoms with Crippen LogP contribution in [0.25, 0.3) is 0 Å². The number of benzene rings is 2. The quantitative estimate of drug-likeness (QED) is 0.773. The predicted octanol–water partition coefficient (Wildman–Crippen LogP) is 3.40. The predicted molar refractivity (Wildman–Crippen MR) is 92.5 cm³/mol. The number of likely N-dealkylation sites (tertiary alicyclic amines) is 1. The SMILES string of the molecule is O=C(c1ccccc1Br)N1CC(S(=O)(=O)c2ccc(Cl)cc2)C1. The Hall–Kier alpha value is -1.37. The Bertz CT molecular complexity index is 846. The average molecular weight is 415 g/mol. The van der Waals surface area contributed by atoms with Gasteiger partial charge in [-0.1, -0.05) is 23.7 Å². The van der Waals surface area contributed by atoms with E-state index in [4.69, 9.17) is 11.6 Å². The second kappa shape index (κ2) is 6.26. The smallest absolute Gasteiger partial charge is 0.255 e. The minimum atomic E-state index is -3.44. The van der Waals surface area contributed by atoms with Gasteiger partial charge >= 0.3 is 0 Å². The molecule has 0 spiro atoms. The Kier molecular flexibility index (Phi) is 4.49. The standard InChI is InChI=1S/C16H13BrClNO3S/c17-15-4-2-1-3-14(15)16(20)19-9-13(10-19)23(21,22)12-7-5-11(18)6-8-12/h1-8,13H,9-10H2. The zero-order chi connectivity index (χ0) is 16.6. The highest BCUT2D eigenvalue weighted by Crippen LogP contribution is 2.27. The summed E-state index contributed by atoms with van der Waals surface area (Å²) in [5, 5.41) is -0.0848. The van der Waals surface area contributed by atoms with Crippen LogP contribution in [0.15, 0.2) is 57.9 Å². The van der Waals surface area contributed by atoms with Crippen molar-refractivity contribution in [3.63, 3.8) is 0 Å².